The monoisotopic (exact) mass is 475 g/mol. The summed E-state index contributed by atoms with van der Waals surface area (Å²) in [4.78, 5) is 42.8. The smallest absolute Gasteiger partial charge is 0.245 e. The molecule has 2 amide bonds. The number of ketones is 1. The minimum atomic E-state index is -1.38. The van der Waals surface area contributed by atoms with E-state index in [1.807, 2.05) is 0 Å². The van der Waals surface area contributed by atoms with Crippen LogP contribution >= 0.6 is 11.6 Å². The number of aromatic nitrogens is 3. The Morgan fingerprint density at radius 2 is 2.06 bits per heavy atom. The van der Waals surface area contributed by atoms with Crippen molar-refractivity contribution in [3.63, 3.8) is 0 Å². The van der Waals surface area contributed by atoms with E-state index in [1.165, 1.54) is 36.1 Å². The van der Waals surface area contributed by atoms with Gasteiger partial charge in [-0.25, -0.2) is 8.78 Å². The highest BCUT2D eigenvalue weighted by molar-refractivity contribution is 6.30. The van der Waals surface area contributed by atoms with Gasteiger partial charge < -0.3 is 10.2 Å². The maximum atomic E-state index is 14.2. The molecule has 0 aliphatic carbocycles. The maximum Gasteiger partial charge on any atom is 0.245 e. The van der Waals surface area contributed by atoms with Crippen LogP contribution in [0.15, 0.2) is 36.7 Å². The standard InChI is InChI=1S/C22H20ClF2N5O3/c1-12(31)21-15-5-6-26-9-18(15)30(28-21)11-19(32)29-10-14(24)7-17(29)22(33)27-8-13-3-2-4-16(23)20(13)25/h2-6,9,14,17H,7-8,10-11H2,1H3,(H,27,33)/t14-,17+/m1/s1. The van der Waals surface area contributed by atoms with Crippen molar-refractivity contribution in [2.24, 2.45) is 0 Å². The molecule has 3 heterocycles. The van der Waals surface area contributed by atoms with E-state index in [9.17, 15) is 23.2 Å². The fourth-order valence-corrected chi connectivity index (χ4v) is 4.11. The van der Waals surface area contributed by atoms with Gasteiger partial charge in [0.05, 0.1) is 23.3 Å². The highest BCUT2D eigenvalue weighted by Crippen LogP contribution is 2.24. The predicted molar refractivity (Wildman–Crippen MR) is 116 cm³/mol. The molecule has 2 aromatic heterocycles. The molecule has 1 N–H and O–H groups in total. The maximum absolute atomic E-state index is 14.2. The molecule has 0 unspecified atom stereocenters. The van der Waals surface area contributed by atoms with Crippen LogP contribution in [0.5, 0.6) is 0 Å². The number of nitrogens with zero attached hydrogens (tertiary/aromatic N) is 4. The molecule has 172 valence electrons. The van der Waals surface area contributed by atoms with Crippen LogP contribution in [-0.2, 0) is 22.7 Å². The Kier molecular flexibility index (Phi) is 6.37. The van der Waals surface area contributed by atoms with E-state index in [1.54, 1.807) is 12.1 Å². The Bertz CT molecular complexity index is 1250. The fourth-order valence-electron chi connectivity index (χ4n) is 3.91. The number of hydrogen-bond donors (Lipinski definition) is 1. The summed E-state index contributed by atoms with van der Waals surface area (Å²) in [6.45, 7) is 0.665. The number of halogens is 3. The van der Waals surface area contributed by atoms with Gasteiger partial charge in [-0.2, -0.15) is 5.10 Å². The number of likely N-dealkylation sites (tertiary alicyclic amines) is 1. The number of amides is 2. The van der Waals surface area contributed by atoms with Gasteiger partial charge in [0, 0.05) is 37.0 Å². The molecule has 11 heteroatoms. The number of carbonyl (C=O) groups is 3. The number of carbonyl (C=O) groups excluding carboxylic acids is 3. The third kappa shape index (κ3) is 4.56. The fraction of sp³-hybridized carbons (Fsp3) is 0.318. The molecule has 33 heavy (non-hydrogen) atoms. The molecule has 1 saturated heterocycles. The summed E-state index contributed by atoms with van der Waals surface area (Å²) in [5.41, 5.74) is 0.850. The Labute approximate surface area is 192 Å². The second-order valence-corrected chi connectivity index (χ2v) is 8.19. The number of benzene rings is 1. The molecule has 1 fully saturated rings. The molecule has 8 nitrogen and oxygen atoms in total. The molecular weight excluding hydrogens is 456 g/mol. The molecule has 4 rings (SSSR count). The minimum absolute atomic E-state index is 0.0749. The summed E-state index contributed by atoms with van der Waals surface area (Å²) in [5.74, 6) is -2.05. The first-order chi connectivity index (χ1) is 15.8. The lowest BCUT2D eigenvalue weighted by atomic mass is 10.1. The molecule has 0 saturated carbocycles. The van der Waals surface area contributed by atoms with Crippen LogP contribution in [0.3, 0.4) is 0 Å². The van der Waals surface area contributed by atoms with Crippen molar-refractivity contribution >= 4 is 40.1 Å². The summed E-state index contributed by atoms with van der Waals surface area (Å²) in [6.07, 6.45) is 1.44. The molecule has 0 spiro atoms. The van der Waals surface area contributed by atoms with Crippen LogP contribution in [0.4, 0.5) is 8.78 Å². The molecule has 3 aromatic rings. The van der Waals surface area contributed by atoms with E-state index in [2.05, 4.69) is 15.4 Å². The molecule has 1 aliphatic heterocycles. The summed E-state index contributed by atoms with van der Waals surface area (Å²) in [6, 6.07) is 4.98. The van der Waals surface area contributed by atoms with E-state index in [-0.39, 0.29) is 48.1 Å². The molecule has 2 atom stereocenters. The first-order valence-corrected chi connectivity index (χ1v) is 10.6. The van der Waals surface area contributed by atoms with Crippen molar-refractivity contribution in [2.75, 3.05) is 6.54 Å². The van der Waals surface area contributed by atoms with Gasteiger partial charge >= 0.3 is 0 Å². The summed E-state index contributed by atoms with van der Waals surface area (Å²) in [7, 11) is 0. The van der Waals surface area contributed by atoms with Crippen LogP contribution in [0.2, 0.25) is 5.02 Å². The van der Waals surface area contributed by atoms with Gasteiger partial charge in [0.15, 0.2) is 5.78 Å². The van der Waals surface area contributed by atoms with Gasteiger partial charge in [-0.3, -0.25) is 24.0 Å². The molecule has 0 radical (unpaired) electrons. The van der Waals surface area contributed by atoms with Crippen molar-refractivity contribution < 1.29 is 23.2 Å². The van der Waals surface area contributed by atoms with Crippen LogP contribution in [0, 0.1) is 5.82 Å². The quantitative estimate of drug-likeness (QED) is 0.553. The first-order valence-electron chi connectivity index (χ1n) is 10.2. The van der Waals surface area contributed by atoms with Gasteiger partial charge in [-0.15, -0.1) is 0 Å². The predicted octanol–water partition coefficient (Wildman–Crippen LogP) is 2.68. The number of hydrogen-bond acceptors (Lipinski definition) is 5. The zero-order valence-electron chi connectivity index (χ0n) is 17.6. The van der Waals surface area contributed by atoms with Gasteiger partial charge in [-0.05, 0) is 12.1 Å². The average Bonchev–Trinajstić information content (AvgIpc) is 3.36. The zero-order valence-corrected chi connectivity index (χ0v) is 18.4. The van der Waals surface area contributed by atoms with Crippen molar-refractivity contribution in [3.05, 3.63) is 58.8 Å². The largest absolute Gasteiger partial charge is 0.350 e. The summed E-state index contributed by atoms with van der Waals surface area (Å²) in [5, 5.41) is 7.24. The molecular formula is C22H20ClF2N5O3. The Morgan fingerprint density at radius 1 is 1.27 bits per heavy atom. The minimum Gasteiger partial charge on any atom is -0.350 e. The number of rotatable bonds is 6. The van der Waals surface area contributed by atoms with Gasteiger partial charge in [0.2, 0.25) is 11.8 Å². The number of Topliss-reactive ketones (excluding diaryl/α,β-unsaturated/α-hetero) is 1. The van der Waals surface area contributed by atoms with Crippen LogP contribution in [0.25, 0.3) is 10.9 Å². The topological polar surface area (TPSA) is 97.2 Å². The van der Waals surface area contributed by atoms with E-state index >= 15 is 0 Å². The lowest BCUT2D eigenvalue weighted by Crippen LogP contribution is -2.46. The Morgan fingerprint density at radius 3 is 2.82 bits per heavy atom. The number of alkyl halides is 1. The number of nitrogens with one attached hydrogen (secondary N) is 1. The van der Waals surface area contributed by atoms with Crippen LogP contribution in [-0.4, -0.2) is 56.0 Å². The van der Waals surface area contributed by atoms with Gasteiger partial charge in [-0.1, -0.05) is 23.7 Å². The Balaban J connectivity index is 1.50. The third-order valence-electron chi connectivity index (χ3n) is 5.53. The summed E-state index contributed by atoms with van der Waals surface area (Å²) < 4.78 is 29.6. The lowest BCUT2D eigenvalue weighted by Gasteiger charge is -2.23. The van der Waals surface area contributed by atoms with Crippen molar-refractivity contribution in [2.45, 2.75) is 38.6 Å². The second kappa shape index (κ2) is 9.22. The number of pyridine rings is 1. The van der Waals surface area contributed by atoms with Crippen molar-refractivity contribution in [1.82, 2.24) is 25.0 Å². The van der Waals surface area contributed by atoms with E-state index in [0.29, 0.717) is 10.9 Å². The van der Waals surface area contributed by atoms with Gasteiger partial charge in [0.1, 0.15) is 30.3 Å². The highest BCUT2D eigenvalue weighted by atomic mass is 35.5. The van der Waals surface area contributed by atoms with Crippen molar-refractivity contribution in [3.8, 4) is 0 Å². The zero-order chi connectivity index (χ0) is 23.7. The Hall–Kier alpha value is -3.40. The molecule has 1 aliphatic rings. The van der Waals surface area contributed by atoms with Crippen LogP contribution < -0.4 is 5.32 Å². The third-order valence-corrected chi connectivity index (χ3v) is 5.82. The van der Waals surface area contributed by atoms with E-state index < -0.39 is 29.8 Å². The molecule has 0 bridgehead atoms. The SMILES string of the molecule is CC(=O)c1nn(CC(=O)N2C[C@H](F)C[C@H]2C(=O)NCc2cccc(Cl)c2F)c2cnccc12. The second-order valence-electron chi connectivity index (χ2n) is 7.78. The highest BCUT2D eigenvalue weighted by Gasteiger charge is 2.40. The normalized spacial score (nSPS) is 18.0. The lowest BCUT2D eigenvalue weighted by molar-refractivity contribution is -0.139. The van der Waals surface area contributed by atoms with E-state index in [0.717, 1.165) is 4.90 Å². The van der Waals surface area contributed by atoms with Gasteiger partial charge in [0.25, 0.3) is 0 Å². The number of fused-ring (bicyclic) bond motifs is 1. The van der Waals surface area contributed by atoms with E-state index in [4.69, 9.17) is 11.6 Å². The first kappa shape index (κ1) is 22.8. The molecule has 1 aromatic carbocycles. The average molecular weight is 476 g/mol. The summed E-state index contributed by atoms with van der Waals surface area (Å²) >= 11 is 5.76. The van der Waals surface area contributed by atoms with Crippen LogP contribution in [0.1, 0.15) is 29.4 Å². The van der Waals surface area contributed by atoms with Crippen molar-refractivity contribution in [1.29, 1.82) is 0 Å².